The zero-order valence-electron chi connectivity index (χ0n) is 13.5. The van der Waals surface area contributed by atoms with Crippen LogP contribution in [0.1, 0.15) is 12.0 Å². The van der Waals surface area contributed by atoms with Crippen molar-refractivity contribution in [3.8, 4) is 11.5 Å². The first-order chi connectivity index (χ1) is 11.2. The van der Waals surface area contributed by atoms with Crippen molar-refractivity contribution in [1.82, 2.24) is 4.90 Å². The van der Waals surface area contributed by atoms with E-state index in [0.29, 0.717) is 24.5 Å². The van der Waals surface area contributed by atoms with Gasteiger partial charge in [0.05, 0.1) is 0 Å². The van der Waals surface area contributed by atoms with E-state index >= 15 is 0 Å². The van der Waals surface area contributed by atoms with E-state index in [1.165, 1.54) is 5.56 Å². The fourth-order valence-electron chi connectivity index (χ4n) is 2.46. The number of hydrogen-bond acceptors (Lipinski definition) is 4. The van der Waals surface area contributed by atoms with Crippen molar-refractivity contribution in [2.75, 3.05) is 25.7 Å². The van der Waals surface area contributed by atoms with Crippen molar-refractivity contribution >= 4 is 24.0 Å². The highest BCUT2D eigenvalue weighted by molar-refractivity contribution is 5.91. The molecule has 1 aliphatic rings. The van der Waals surface area contributed by atoms with E-state index in [2.05, 4.69) is 22.3 Å². The molecule has 1 heterocycles. The third kappa shape index (κ3) is 4.88. The third-order valence-electron chi connectivity index (χ3n) is 3.67. The Morgan fingerprint density at radius 2 is 1.88 bits per heavy atom. The second-order valence-electron chi connectivity index (χ2n) is 5.59. The van der Waals surface area contributed by atoms with Crippen LogP contribution in [-0.4, -0.2) is 31.2 Å². The number of halogens is 1. The summed E-state index contributed by atoms with van der Waals surface area (Å²) < 4.78 is 10.6. The van der Waals surface area contributed by atoms with Crippen LogP contribution >= 0.6 is 12.4 Å². The molecule has 3 rings (SSSR count). The van der Waals surface area contributed by atoms with Crippen LogP contribution < -0.4 is 14.8 Å². The lowest BCUT2D eigenvalue weighted by Gasteiger charge is -2.16. The maximum atomic E-state index is 12.1. The Bertz CT molecular complexity index is 679. The van der Waals surface area contributed by atoms with Gasteiger partial charge in [-0.3, -0.25) is 4.79 Å². The zero-order chi connectivity index (χ0) is 16.1. The molecule has 0 saturated carbocycles. The minimum Gasteiger partial charge on any atom is -0.454 e. The number of anilines is 1. The number of hydrogen-bond donors (Lipinski definition) is 1. The van der Waals surface area contributed by atoms with E-state index in [-0.39, 0.29) is 25.1 Å². The molecule has 0 fully saturated rings. The van der Waals surface area contributed by atoms with Crippen molar-refractivity contribution in [3.63, 3.8) is 0 Å². The molecule has 0 unspecified atom stereocenters. The number of benzene rings is 2. The number of nitrogens with one attached hydrogen (secondary N) is 1. The zero-order valence-corrected chi connectivity index (χ0v) is 14.3. The van der Waals surface area contributed by atoms with E-state index in [9.17, 15) is 4.79 Å². The molecule has 1 amide bonds. The van der Waals surface area contributed by atoms with Gasteiger partial charge in [0.1, 0.15) is 0 Å². The fraction of sp³-hybridized carbons (Fsp3) is 0.278. The molecule has 0 aromatic heterocycles. The molecular weight excluding hydrogens is 328 g/mol. The van der Waals surface area contributed by atoms with Gasteiger partial charge in [0.15, 0.2) is 11.5 Å². The first-order valence-corrected chi connectivity index (χ1v) is 7.63. The van der Waals surface area contributed by atoms with E-state index in [1.54, 1.807) is 12.1 Å². The Kier molecular flexibility index (Phi) is 6.46. The summed E-state index contributed by atoms with van der Waals surface area (Å²) in [4.78, 5) is 14.2. The Morgan fingerprint density at radius 1 is 1.12 bits per heavy atom. The topological polar surface area (TPSA) is 50.8 Å². The average molecular weight is 349 g/mol. The van der Waals surface area contributed by atoms with Crippen LogP contribution in [0.5, 0.6) is 11.5 Å². The number of amides is 1. The van der Waals surface area contributed by atoms with Crippen LogP contribution in [0.15, 0.2) is 48.5 Å². The van der Waals surface area contributed by atoms with Gasteiger partial charge in [-0.15, -0.1) is 12.4 Å². The largest absolute Gasteiger partial charge is 0.454 e. The quantitative estimate of drug-likeness (QED) is 0.870. The van der Waals surface area contributed by atoms with Crippen molar-refractivity contribution < 1.29 is 14.3 Å². The molecule has 0 radical (unpaired) electrons. The Labute approximate surface area is 148 Å². The molecule has 2 aromatic carbocycles. The van der Waals surface area contributed by atoms with Gasteiger partial charge < -0.3 is 19.7 Å². The standard InChI is InChI=1S/C18H20N2O3.ClH/c1-20(12-14-5-3-2-4-6-14)10-9-18(21)19-15-7-8-16-17(11-15)23-13-22-16;/h2-8,11H,9-10,12-13H2,1H3,(H,19,21);1H. The summed E-state index contributed by atoms with van der Waals surface area (Å²) in [5.74, 6) is 1.37. The van der Waals surface area contributed by atoms with E-state index in [0.717, 1.165) is 12.2 Å². The summed E-state index contributed by atoms with van der Waals surface area (Å²) in [7, 11) is 2.01. The molecule has 1 aliphatic heterocycles. The lowest BCUT2D eigenvalue weighted by molar-refractivity contribution is -0.116. The van der Waals surface area contributed by atoms with Crippen molar-refractivity contribution in [2.45, 2.75) is 13.0 Å². The molecule has 5 nitrogen and oxygen atoms in total. The van der Waals surface area contributed by atoms with Gasteiger partial charge >= 0.3 is 0 Å². The minimum atomic E-state index is -0.0104. The minimum absolute atomic E-state index is 0. The number of nitrogens with zero attached hydrogens (tertiary/aromatic N) is 1. The molecule has 1 N–H and O–H groups in total. The summed E-state index contributed by atoms with van der Waals surface area (Å²) in [6, 6.07) is 15.6. The van der Waals surface area contributed by atoms with Crippen LogP contribution in [0, 0.1) is 0 Å². The van der Waals surface area contributed by atoms with E-state index in [1.807, 2.05) is 31.3 Å². The molecule has 2 aromatic rings. The van der Waals surface area contributed by atoms with Crippen molar-refractivity contribution in [1.29, 1.82) is 0 Å². The first kappa shape index (κ1) is 18.1. The number of carbonyl (C=O) groups is 1. The highest BCUT2D eigenvalue weighted by Crippen LogP contribution is 2.34. The predicted molar refractivity (Wildman–Crippen MR) is 95.8 cm³/mol. The lowest BCUT2D eigenvalue weighted by Crippen LogP contribution is -2.24. The van der Waals surface area contributed by atoms with E-state index < -0.39 is 0 Å². The summed E-state index contributed by atoms with van der Waals surface area (Å²) in [6.07, 6.45) is 0.442. The third-order valence-corrected chi connectivity index (χ3v) is 3.67. The molecule has 128 valence electrons. The van der Waals surface area contributed by atoms with Crippen LogP contribution in [0.2, 0.25) is 0 Å². The summed E-state index contributed by atoms with van der Waals surface area (Å²) in [5, 5.41) is 2.89. The fourth-order valence-corrected chi connectivity index (χ4v) is 2.46. The normalized spacial score (nSPS) is 11.9. The van der Waals surface area contributed by atoms with Gasteiger partial charge in [-0.1, -0.05) is 30.3 Å². The van der Waals surface area contributed by atoms with Crippen LogP contribution in [0.3, 0.4) is 0 Å². The van der Waals surface area contributed by atoms with Crippen LogP contribution in [-0.2, 0) is 11.3 Å². The molecule has 0 spiro atoms. The molecule has 0 aliphatic carbocycles. The van der Waals surface area contributed by atoms with Crippen LogP contribution in [0.25, 0.3) is 0 Å². The smallest absolute Gasteiger partial charge is 0.231 e. The Balaban J connectivity index is 0.00000208. The summed E-state index contributed by atoms with van der Waals surface area (Å²) in [5.41, 5.74) is 1.97. The highest BCUT2D eigenvalue weighted by Gasteiger charge is 2.14. The van der Waals surface area contributed by atoms with Gasteiger partial charge in [0, 0.05) is 31.3 Å². The second-order valence-corrected chi connectivity index (χ2v) is 5.59. The van der Waals surface area contributed by atoms with Crippen molar-refractivity contribution in [3.05, 3.63) is 54.1 Å². The Morgan fingerprint density at radius 3 is 2.67 bits per heavy atom. The molecule has 6 heteroatoms. The molecule has 24 heavy (non-hydrogen) atoms. The molecule has 0 bridgehead atoms. The highest BCUT2D eigenvalue weighted by atomic mass is 35.5. The Hall–Kier alpha value is -2.24. The monoisotopic (exact) mass is 348 g/mol. The molecule has 0 saturated heterocycles. The lowest BCUT2D eigenvalue weighted by atomic mass is 10.2. The number of ether oxygens (including phenoxy) is 2. The number of fused-ring (bicyclic) bond motifs is 1. The van der Waals surface area contributed by atoms with Gasteiger partial charge in [0.25, 0.3) is 0 Å². The van der Waals surface area contributed by atoms with E-state index in [4.69, 9.17) is 9.47 Å². The number of carbonyl (C=O) groups excluding carboxylic acids is 1. The average Bonchev–Trinajstić information content (AvgIpc) is 3.01. The SMILES string of the molecule is CN(CCC(=O)Nc1ccc2c(c1)OCO2)Cc1ccccc1.Cl. The van der Waals surface area contributed by atoms with Gasteiger partial charge in [-0.2, -0.15) is 0 Å². The summed E-state index contributed by atoms with van der Waals surface area (Å²) >= 11 is 0. The summed E-state index contributed by atoms with van der Waals surface area (Å²) in [6.45, 7) is 1.76. The first-order valence-electron chi connectivity index (χ1n) is 7.63. The van der Waals surface area contributed by atoms with Gasteiger partial charge in [-0.25, -0.2) is 0 Å². The van der Waals surface area contributed by atoms with Crippen molar-refractivity contribution in [2.24, 2.45) is 0 Å². The van der Waals surface area contributed by atoms with Gasteiger partial charge in [0.2, 0.25) is 12.7 Å². The molecule has 0 atom stereocenters. The van der Waals surface area contributed by atoms with Gasteiger partial charge in [-0.05, 0) is 24.7 Å². The second kappa shape index (κ2) is 8.57. The number of rotatable bonds is 6. The van der Waals surface area contributed by atoms with Crippen LogP contribution in [0.4, 0.5) is 5.69 Å². The predicted octanol–water partition coefficient (Wildman–Crippen LogP) is 3.30. The maximum Gasteiger partial charge on any atom is 0.231 e. The maximum absolute atomic E-state index is 12.1. The molecular formula is C18H21ClN2O3.